The largest absolute Gasteiger partial charge is 0.383 e. The Kier molecular flexibility index (Phi) is 7.14. The maximum Gasteiger partial charge on any atom is 0.232 e. The molecule has 7 heteroatoms. The fourth-order valence-corrected chi connectivity index (χ4v) is 1.85. The summed E-state index contributed by atoms with van der Waals surface area (Å²) in [6.45, 7) is 9.45. The lowest BCUT2D eigenvalue weighted by Gasteiger charge is -2.25. The third-order valence-corrected chi connectivity index (χ3v) is 2.78. The van der Waals surface area contributed by atoms with Crippen LogP contribution in [0.1, 0.15) is 20.8 Å². The van der Waals surface area contributed by atoms with Crippen LogP contribution in [-0.2, 0) is 4.74 Å². The minimum absolute atomic E-state index is 0.518. The van der Waals surface area contributed by atoms with Gasteiger partial charge in [0.2, 0.25) is 17.8 Å². The zero-order valence-corrected chi connectivity index (χ0v) is 14.1. The molecule has 1 aromatic heterocycles. The first kappa shape index (κ1) is 17.4. The van der Waals surface area contributed by atoms with Gasteiger partial charge in [-0.25, -0.2) is 0 Å². The van der Waals surface area contributed by atoms with Crippen molar-refractivity contribution >= 4 is 17.8 Å². The van der Waals surface area contributed by atoms with Gasteiger partial charge in [0.05, 0.1) is 6.61 Å². The van der Waals surface area contributed by atoms with Gasteiger partial charge in [-0.05, 0) is 12.8 Å². The van der Waals surface area contributed by atoms with E-state index in [2.05, 4.69) is 39.0 Å². The van der Waals surface area contributed by atoms with E-state index in [0.29, 0.717) is 30.4 Å². The van der Waals surface area contributed by atoms with Crippen LogP contribution in [-0.4, -0.2) is 62.4 Å². The Labute approximate surface area is 127 Å². The average molecular weight is 296 g/mol. The van der Waals surface area contributed by atoms with Crippen LogP contribution >= 0.6 is 0 Å². The van der Waals surface area contributed by atoms with E-state index in [-0.39, 0.29) is 0 Å². The van der Waals surface area contributed by atoms with E-state index in [9.17, 15) is 0 Å². The molecular weight excluding hydrogens is 268 g/mol. The van der Waals surface area contributed by atoms with Crippen molar-refractivity contribution in [1.82, 2.24) is 15.0 Å². The Morgan fingerprint density at radius 2 is 1.81 bits per heavy atom. The number of hydrogen-bond donors (Lipinski definition) is 1. The van der Waals surface area contributed by atoms with Gasteiger partial charge in [-0.1, -0.05) is 13.8 Å². The molecule has 0 aliphatic heterocycles. The quantitative estimate of drug-likeness (QED) is 0.740. The number of hydrogen-bond acceptors (Lipinski definition) is 7. The number of nitrogens with zero attached hydrogens (tertiary/aromatic N) is 5. The fraction of sp³-hybridized carbons (Fsp3) is 0.786. The first-order valence-corrected chi connectivity index (χ1v) is 7.39. The van der Waals surface area contributed by atoms with Gasteiger partial charge >= 0.3 is 0 Å². The summed E-state index contributed by atoms with van der Waals surface area (Å²) in [6, 6.07) is 0. The van der Waals surface area contributed by atoms with Crippen molar-refractivity contribution in [3.8, 4) is 0 Å². The van der Waals surface area contributed by atoms with Crippen molar-refractivity contribution in [2.24, 2.45) is 5.92 Å². The molecule has 0 aromatic carbocycles. The van der Waals surface area contributed by atoms with Gasteiger partial charge < -0.3 is 19.9 Å². The van der Waals surface area contributed by atoms with Crippen molar-refractivity contribution < 1.29 is 4.74 Å². The minimum atomic E-state index is 0.518. The molecule has 1 heterocycles. The lowest BCUT2D eigenvalue weighted by atomic mass is 10.2. The van der Waals surface area contributed by atoms with E-state index in [4.69, 9.17) is 4.74 Å². The molecule has 0 radical (unpaired) electrons. The number of rotatable bonds is 9. The standard InChI is InChI=1S/C14H28N6O/c1-7-15-12-16-13(19(4)5)18-14(17-12)20(8-9-21-6)10-11(2)3/h11H,7-10H2,1-6H3,(H,15,16,17,18). The second-order valence-electron chi connectivity index (χ2n) is 5.52. The summed E-state index contributed by atoms with van der Waals surface area (Å²) in [5.74, 6) is 2.47. The maximum absolute atomic E-state index is 5.19. The third-order valence-electron chi connectivity index (χ3n) is 2.78. The van der Waals surface area contributed by atoms with E-state index in [1.165, 1.54) is 0 Å². The number of ether oxygens (including phenoxy) is 1. The molecule has 0 aliphatic rings. The molecular formula is C14H28N6O. The highest BCUT2D eigenvalue weighted by Gasteiger charge is 2.15. The molecule has 0 aliphatic carbocycles. The first-order valence-electron chi connectivity index (χ1n) is 7.39. The highest BCUT2D eigenvalue weighted by molar-refractivity contribution is 5.44. The zero-order chi connectivity index (χ0) is 15.8. The van der Waals surface area contributed by atoms with Crippen molar-refractivity contribution in [2.75, 3.05) is 62.6 Å². The van der Waals surface area contributed by atoms with Crippen LogP contribution in [0, 0.1) is 5.92 Å². The minimum Gasteiger partial charge on any atom is -0.383 e. The molecule has 7 nitrogen and oxygen atoms in total. The molecule has 120 valence electrons. The second kappa shape index (κ2) is 8.61. The molecule has 0 atom stereocenters. The highest BCUT2D eigenvalue weighted by Crippen LogP contribution is 2.16. The van der Waals surface area contributed by atoms with Gasteiger partial charge in [0.1, 0.15) is 0 Å². The Hall–Kier alpha value is -1.63. The molecule has 0 saturated carbocycles. The summed E-state index contributed by atoms with van der Waals surface area (Å²) < 4.78 is 5.19. The Morgan fingerprint density at radius 3 is 2.33 bits per heavy atom. The topological polar surface area (TPSA) is 66.4 Å². The molecule has 0 amide bonds. The van der Waals surface area contributed by atoms with Crippen LogP contribution in [0.2, 0.25) is 0 Å². The Bertz CT molecular complexity index is 424. The third kappa shape index (κ3) is 5.71. The summed E-state index contributed by atoms with van der Waals surface area (Å²) in [5.41, 5.74) is 0. The predicted octanol–water partition coefficient (Wildman–Crippen LogP) is 1.48. The number of anilines is 3. The maximum atomic E-state index is 5.19. The van der Waals surface area contributed by atoms with Gasteiger partial charge in [0, 0.05) is 40.8 Å². The number of nitrogens with one attached hydrogen (secondary N) is 1. The average Bonchev–Trinajstić information content (AvgIpc) is 2.43. The van der Waals surface area contributed by atoms with Crippen molar-refractivity contribution in [1.29, 1.82) is 0 Å². The molecule has 21 heavy (non-hydrogen) atoms. The van der Waals surface area contributed by atoms with Gasteiger partial charge in [-0.3, -0.25) is 0 Å². The summed E-state index contributed by atoms with van der Waals surface area (Å²) in [4.78, 5) is 17.5. The SMILES string of the molecule is CCNc1nc(N(C)C)nc(N(CCOC)CC(C)C)n1. The summed E-state index contributed by atoms with van der Waals surface area (Å²) in [6.07, 6.45) is 0. The van der Waals surface area contributed by atoms with Crippen LogP contribution in [0.15, 0.2) is 0 Å². The lowest BCUT2D eigenvalue weighted by Crippen LogP contribution is -2.33. The summed E-state index contributed by atoms with van der Waals surface area (Å²) >= 11 is 0. The second-order valence-corrected chi connectivity index (χ2v) is 5.52. The summed E-state index contributed by atoms with van der Waals surface area (Å²) in [5, 5.41) is 3.16. The molecule has 0 fully saturated rings. The number of methoxy groups -OCH3 is 1. The van der Waals surface area contributed by atoms with Gasteiger partial charge in [-0.2, -0.15) is 15.0 Å². The van der Waals surface area contributed by atoms with Crippen molar-refractivity contribution in [3.05, 3.63) is 0 Å². The zero-order valence-electron chi connectivity index (χ0n) is 14.1. The van der Waals surface area contributed by atoms with Gasteiger partial charge in [0.15, 0.2) is 0 Å². The molecule has 1 rings (SSSR count). The Balaban J connectivity index is 3.08. The first-order chi connectivity index (χ1) is 9.97. The van der Waals surface area contributed by atoms with Crippen LogP contribution < -0.4 is 15.1 Å². The molecule has 1 aromatic rings. The number of aromatic nitrogens is 3. The normalized spacial score (nSPS) is 10.8. The monoisotopic (exact) mass is 296 g/mol. The lowest BCUT2D eigenvalue weighted by molar-refractivity contribution is 0.204. The Morgan fingerprint density at radius 1 is 1.14 bits per heavy atom. The van der Waals surface area contributed by atoms with Crippen LogP contribution in [0.25, 0.3) is 0 Å². The van der Waals surface area contributed by atoms with Crippen LogP contribution in [0.3, 0.4) is 0 Å². The van der Waals surface area contributed by atoms with Gasteiger partial charge in [-0.15, -0.1) is 0 Å². The van der Waals surface area contributed by atoms with E-state index in [1.807, 2.05) is 25.9 Å². The predicted molar refractivity (Wildman–Crippen MR) is 87.2 cm³/mol. The van der Waals surface area contributed by atoms with E-state index in [1.54, 1.807) is 7.11 Å². The van der Waals surface area contributed by atoms with Crippen LogP contribution in [0.4, 0.5) is 17.8 Å². The fourth-order valence-electron chi connectivity index (χ4n) is 1.85. The molecule has 0 bridgehead atoms. The van der Waals surface area contributed by atoms with E-state index in [0.717, 1.165) is 19.6 Å². The summed E-state index contributed by atoms with van der Waals surface area (Å²) in [7, 11) is 5.56. The molecule has 0 saturated heterocycles. The van der Waals surface area contributed by atoms with Crippen LogP contribution in [0.5, 0.6) is 0 Å². The molecule has 1 N–H and O–H groups in total. The van der Waals surface area contributed by atoms with Crippen molar-refractivity contribution in [3.63, 3.8) is 0 Å². The molecule has 0 unspecified atom stereocenters. The van der Waals surface area contributed by atoms with Gasteiger partial charge in [0.25, 0.3) is 0 Å². The molecule has 0 spiro atoms. The van der Waals surface area contributed by atoms with Crippen molar-refractivity contribution in [2.45, 2.75) is 20.8 Å². The van der Waals surface area contributed by atoms with E-state index < -0.39 is 0 Å². The van der Waals surface area contributed by atoms with E-state index >= 15 is 0 Å². The smallest absolute Gasteiger partial charge is 0.232 e. The highest BCUT2D eigenvalue weighted by atomic mass is 16.5.